The molecule has 6 rings (SSSR count). The Balaban J connectivity index is 0.00000167. The molecule has 0 N–H and O–H groups in total. The maximum absolute atomic E-state index is 3.82. The largest absolute Gasteiger partial charge is 0.273 e. The van der Waals surface area contributed by atoms with Gasteiger partial charge in [0.15, 0.2) is 0 Å². The van der Waals surface area contributed by atoms with Gasteiger partial charge in [0.05, 0.1) is 0 Å². The normalized spacial score (nSPS) is 13.0. The zero-order valence-electron chi connectivity index (χ0n) is 45.0. The standard InChI is InChI=1S/C60H76Si4.C5H5.Co/c1-13-61(14-2,15-3)45-41-49-25-33-53(34-26-49)57-58(54-35-27-50(28-36-54)42-46-62(16-4,17-5)18-6)60(56-39-31-52(32-40-56)44-48-64(22-10,23-11)24-12)59(57)55-37-29-51(30-38-55)43-47-63(19-7,20-8)21-9;1-2-4-5-3-1;/h25-40H,13-24H2,1-12H3;1-3H,4H2;/q;-1;. The number of rotatable bonds is 16. The quantitative estimate of drug-likeness (QED) is 0.0596. The summed E-state index contributed by atoms with van der Waals surface area (Å²) >= 11 is 0. The van der Waals surface area contributed by atoms with E-state index < -0.39 is 32.3 Å². The van der Waals surface area contributed by atoms with Gasteiger partial charge in [0.25, 0.3) is 0 Å². The fourth-order valence-corrected chi connectivity index (χ4v) is 19.5. The summed E-state index contributed by atoms with van der Waals surface area (Å²) in [4.78, 5) is 0. The third-order valence-electron chi connectivity index (χ3n) is 16.3. The number of hydrogen-bond donors (Lipinski definition) is 0. The molecule has 0 aliphatic heterocycles. The van der Waals surface area contributed by atoms with Gasteiger partial charge in [-0.2, -0.15) is 6.08 Å². The molecule has 2 aliphatic rings. The molecule has 0 unspecified atom stereocenters. The molecule has 4 aromatic carbocycles. The van der Waals surface area contributed by atoms with Gasteiger partial charge in [-0.15, -0.1) is 28.6 Å². The maximum atomic E-state index is 3.82. The summed E-state index contributed by atoms with van der Waals surface area (Å²) in [6.45, 7) is 28.0. The molecule has 70 heavy (non-hydrogen) atoms. The molecule has 0 spiro atoms. The fourth-order valence-electron chi connectivity index (χ4n) is 9.69. The number of hydrogen-bond acceptors (Lipinski definition) is 0. The van der Waals surface area contributed by atoms with E-state index in [2.05, 4.69) is 238 Å². The van der Waals surface area contributed by atoms with E-state index in [0.717, 1.165) is 28.7 Å². The van der Waals surface area contributed by atoms with E-state index in [0.29, 0.717) is 0 Å². The van der Waals surface area contributed by atoms with Crippen molar-refractivity contribution in [2.75, 3.05) is 0 Å². The van der Waals surface area contributed by atoms with Crippen molar-refractivity contribution >= 4 is 54.6 Å². The fraction of sp³-hybridized carbons (Fsp3) is 0.385. The summed E-state index contributed by atoms with van der Waals surface area (Å²) in [7, 11) is -6.28. The molecule has 367 valence electrons. The van der Waals surface area contributed by atoms with E-state index in [1.165, 1.54) is 117 Å². The predicted molar refractivity (Wildman–Crippen MR) is 317 cm³/mol. The predicted octanol–water partition coefficient (Wildman–Crippen LogP) is 18.1. The van der Waals surface area contributed by atoms with Crippen molar-refractivity contribution in [1.82, 2.24) is 0 Å². The Morgan fingerprint density at radius 1 is 0.329 bits per heavy atom. The Morgan fingerprint density at radius 2 is 0.529 bits per heavy atom. The summed E-state index contributed by atoms with van der Waals surface area (Å²) in [6, 6.07) is 50.9. The topological polar surface area (TPSA) is 0 Å². The first-order chi connectivity index (χ1) is 33.5. The van der Waals surface area contributed by atoms with Crippen LogP contribution in [0.3, 0.4) is 0 Å². The SMILES string of the molecule is CC[Si](C#Cc1ccc(C2=C(c3ccc(C#C[Si](CC)(CC)CC)cc3)C(c3ccc(C#C[Si](CC)(CC)CC)cc3)=C2c2ccc(C#C[Si](CC)(CC)CC)cc2)cc1)(CC)CC.[C-]1=CC=CC1.[Co]. The first-order valence-corrected chi connectivity index (χ1v) is 37.2. The van der Waals surface area contributed by atoms with Gasteiger partial charge in [-0.05, 0) is 166 Å². The van der Waals surface area contributed by atoms with Crippen LogP contribution in [0.4, 0.5) is 0 Å². The van der Waals surface area contributed by atoms with Gasteiger partial charge in [-0.3, -0.25) is 6.08 Å². The number of benzene rings is 4. The molecule has 2 aliphatic carbocycles. The molecule has 0 atom stereocenters. The molecule has 5 heteroatoms. The first-order valence-electron chi connectivity index (χ1n) is 26.7. The van der Waals surface area contributed by atoms with E-state index >= 15 is 0 Å². The Bertz CT molecular complexity index is 2290. The van der Waals surface area contributed by atoms with Crippen LogP contribution in [0.15, 0.2) is 115 Å². The molecular weight excluding hydrogens is 952 g/mol. The van der Waals surface area contributed by atoms with Crippen LogP contribution in [0.25, 0.3) is 22.3 Å². The van der Waals surface area contributed by atoms with Gasteiger partial charge in [-0.1, -0.05) is 155 Å². The molecule has 0 bridgehead atoms. The molecule has 0 heterocycles. The van der Waals surface area contributed by atoms with Crippen molar-refractivity contribution in [3.05, 3.63) is 166 Å². The minimum atomic E-state index is -1.57. The van der Waals surface area contributed by atoms with Gasteiger partial charge in [-0.25, -0.2) is 12.2 Å². The third kappa shape index (κ3) is 14.1. The summed E-state index contributed by atoms with van der Waals surface area (Å²) in [5.41, 5.74) is 29.7. The van der Waals surface area contributed by atoms with Crippen LogP contribution in [0, 0.1) is 51.9 Å². The second-order valence-corrected chi connectivity index (χ2v) is 38.9. The average Bonchev–Trinajstić information content (AvgIpc) is 4.01. The molecule has 0 fully saturated rings. The van der Waals surface area contributed by atoms with Crippen LogP contribution in [0.5, 0.6) is 0 Å². The van der Waals surface area contributed by atoms with Gasteiger partial charge in [0.1, 0.15) is 32.3 Å². The minimum Gasteiger partial charge on any atom is -0.273 e. The number of allylic oxidation sites excluding steroid dienone is 8. The van der Waals surface area contributed by atoms with Crippen LogP contribution < -0.4 is 0 Å². The molecular formula is C65H81CoSi4-. The van der Waals surface area contributed by atoms with E-state index in [1.54, 1.807) is 0 Å². The third-order valence-corrected chi connectivity index (χ3v) is 35.2. The molecule has 0 nitrogen and oxygen atoms in total. The molecule has 0 saturated heterocycles. The van der Waals surface area contributed by atoms with Crippen molar-refractivity contribution in [1.29, 1.82) is 0 Å². The van der Waals surface area contributed by atoms with Crippen molar-refractivity contribution in [2.45, 2.75) is 162 Å². The van der Waals surface area contributed by atoms with Gasteiger partial charge in [0, 0.05) is 39.0 Å². The molecule has 1 radical (unpaired) electrons. The zero-order chi connectivity index (χ0) is 49.9. The Labute approximate surface area is 442 Å². The summed E-state index contributed by atoms with van der Waals surface area (Å²) < 4.78 is 0. The monoisotopic (exact) mass is 1030 g/mol. The average molecular weight is 1030 g/mol. The van der Waals surface area contributed by atoms with Crippen LogP contribution in [0.2, 0.25) is 72.5 Å². The van der Waals surface area contributed by atoms with Crippen LogP contribution in [-0.2, 0) is 16.8 Å². The van der Waals surface area contributed by atoms with E-state index in [9.17, 15) is 0 Å². The maximum Gasteiger partial charge on any atom is 0.138 e. The van der Waals surface area contributed by atoms with Crippen molar-refractivity contribution in [3.63, 3.8) is 0 Å². The van der Waals surface area contributed by atoms with Gasteiger partial charge < -0.3 is 0 Å². The van der Waals surface area contributed by atoms with Crippen molar-refractivity contribution in [3.8, 4) is 45.9 Å². The Kier molecular flexibility index (Phi) is 23.1. The smallest absolute Gasteiger partial charge is 0.138 e. The second-order valence-electron chi connectivity index (χ2n) is 19.2. The Hall–Kier alpha value is -4.55. The van der Waals surface area contributed by atoms with E-state index in [4.69, 9.17) is 0 Å². The Morgan fingerprint density at radius 3 is 0.657 bits per heavy atom. The van der Waals surface area contributed by atoms with E-state index in [-0.39, 0.29) is 16.8 Å². The second kappa shape index (κ2) is 27.9. The first kappa shape index (κ1) is 58.0. The van der Waals surface area contributed by atoms with Crippen molar-refractivity contribution in [2.24, 2.45) is 0 Å². The molecule has 0 aromatic heterocycles. The molecule has 0 saturated carbocycles. The van der Waals surface area contributed by atoms with Crippen molar-refractivity contribution < 1.29 is 16.8 Å². The van der Waals surface area contributed by atoms with E-state index in [1.807, 2.05) is 12.2 Å². The summed E-state index contributed by atoms with van der Waals surface area (Å²) in [5.74, 6) is 14.5. The zero-order valence-corrected chi connectivity index (χ0v) is 50.0. The summed E-state index contributed by atoms with van der Waals surface area (Å²) in [5, 5.41) is 0. The van der Waals surface area contributed by atoms with Gasteiger partial charge >= 0.3 is 0 Å². The minimum absolute atomic E-state index is 0. The van der Waals surface area contributed by atoms with Crippen LogP contribution >= 0.6 is 0 Å². The molecule has 0 amide bonds. The van der Waals surface area contributed by atoms with Gasteiger partial charge in [0.2, 0.25) is 0 Å². The summed E-state index contributed by atoms with van der Waals surface area (Å²) in [6.07, 6.45) is 10.0. The molecule has 4 aromatic rings. The van der Waals surface area contributed by atoms with Crippen LogP contribution in [0.1, 0.15) is 134 Å². The van der Waals surface area contributed by atoms with Crippen LogP contribution in [-0.4, -0.2) is 32.3 Å².